The van der Waals surface area contributed by atoms with Gasteiger partial charge in [-0.05, 0) is 68.4 Å². The fourth-order valence-electron chi connectivity index (χ4n) is 5.16. The Morgan fingerprint density at radius 2 is 1.49 bits per heavy atom. The quantitative estimate of drug-likeness (QED) is 0.109. The van der Waals surface area contributed by atoms with Crippen LogP contribution in [0, 0.1) is 0 Å². The van der Waals surface area contributed by atoms with Crippen LogP contribution in [0.15, 0.2) is 67.0 Å². The van der Waals surface area contributed by atoms with Gasteiger partial charge in [0.25, 0.3) is 0 Å². The highest BCUT2D eigenvalue weighted by Gasteiger charge is 2.24. The number of methoxy groups -OCH3 is 2. The fourth-order valence-corrected chi connectivity index (χ4v) is 5.39. The molecule has 0 aliphatic rings. The van der Waals surface area contributed by atoms with Gasteiger partial charge in [0, 0.05) is 31.4 Å². The van der Waals surface area contributed by atoms with E-state index in [1.165, 1.54) is 0 Å². The van der Waals surface area contributed by atoms with Crippen molar-refractivity contribution in [3.8, 4) is 23.4 Å². The predicted molar refractivity (Wildman–Crippen MR) is 189 cm³/mol. The molecule has 1 unspecified atom stereocenters. The lowest BCUT2D eigenvalue weighted by Crippen LogP contribution is -2.25. The molecule has 12 nitrogen and oxygen atoms in total. The Kier molecular flexibility index (Phi) is 12.5. The van der Waals surface area contributed by atoms with Crippen molar-refractivity contribution >= 4 is 23.1 Å². The third-order valence-electron chi connectivity index (χ3n) is 7.86. The van der Waals surface area contributed by atoms with E-state index < -0.39 is 6.10 Å². The van der Waals surface area contributed by atoms with Gasteiger partial charge in [-0.15, -0.1) is 5.10 Å². The number of hydrogen-bond acceptors (Lipinski definition) is 11. The topological polar surface area (TPSA) is 120 Å². The Morgan fingerprint density at radius 1 is 0.857 bits per heavy atom. The number of aliphatic hydroxyl groups excluding tert-OH is 1. The summed E-state index contributed by atoms with van der Waals surface area (Å²) in [4.78, 5) is 18.2. The summed E-state index contributed by atoms with van der Waals surface area (Å²) in [5.41, 5.74) is 3.41. The van der Waals surface area contributed by atoms with Crippen LogP contribution in [0.2, 0.25) is 5.02 Å². The molecule has 49 heavy (non-hydrogen) atoms. The van der Waals surface area contributed by atoms with Gasteiger partial charge < -0.3 is 33.9 Å². The fraction of sp³-hybridized carbons (Fsp3) is 0.389. The number of anilines is 1. The van der Waals surface area contributed by atoms with Crippen LogP contribution in [0.25, 0.3) is 5.65 Å². The van der Waals surface area contributed by atoms with Gasteiger partial charge in [-0.1, -0.05) is 49.2 Å². The van der Waals surface area contributed by atoms with Crippen LogP contribution in [-0.2, 0) is 13.1 Å². The molecule has 0 saturated heterocycles. The Bertz CT molecular complexity index is 1730. The highest BCUT2D eigenvalue weighted by molar-refractivity contribution is 6.31. The molecule has 0 fully saturated rings. The van der Waals surface area contributed by atoms with Crippen molar-refractivity contribution in [2.75, 3.05) is 53.0 Å². The summed E-state index contributed by atoms with van der Waals surface area (Å²) in [6.07, 6.45) is 4.62. The van der Waals surface area contributed by atoms with Gasteiger partial charge >= 0.3 is 6.01 Å². The van der Waals surface area contributed by atoms with Crippen molar-refractivity contribution in [1.82, 2.24) is 29.5 Å². The zero-order valence-electron chi connectivity index (χ0n) is 28.7. The van der Waals surface area contributed by atoms with Crippen LogP contribution in [-0.4, -0.2) is 82.6 Å². The van der Waals surface area contributed by atoms with Crippen LogP contribution >= 0.6 is 11.6 Å². The van der Waals surface area contributed by atoms with Crippen molar-refractivity contribution in [2.45, 2.75) is 45.4 Å². The first-order chi connectivity index (χ1) is 23.8. The molecule has 260 valence electrons. The first-order valence-corrected chi connectivity index (χ1v) is 16.7. The normalized spacial score (nSPS) is 11.9. The summed E-state index contributed by atoms with van der Waals surface area (Å²) in [6.45, 7) is 4.89. The number of aliphatic hydroxyl groups is 1. The molecule has 0 aliphatic carbocycles. The van der Waals surface area contributed by atoms with E-state index in [-0.39, 0.29) is 6.01 Å². The number of hydrogen-bond donors (Lipinski definition) is 1. The number of fused-ring (bicyclic) bond motifs is 1. The molecular weight excluding hydrogens is 646 g/mol. The minimum absolute atomic E-state index is 0.175. The summed E-state index contributed by atoms with van der Waals surface area (Å²) >= 11 is 6.55. The highest BCUT2D eigenvalue weighted by atomic mass is 35.5. The van der Waals surface area contributed by atoms with Gasteiger partial charge in [0.15, 0.2) is 11.5 Å². The number of rotatable bonds is 18. The molecule has 0 amide bonds. The van der Waals surface area contributed by atoms with E-state index in [0.29, 0.717) is 59.9 Å². The Morgan fingerprint density at radius 3 is 2.06 bits per heavy atom. The maximum atomic E-state index is 11.6. The number of aromatic nitrogens is 5. The van der Waals surface area contributed by atoms with Crippen molar-refractivity contribution in [1.29, 1.82) is 0 Å². The van der Waals surface area contributed by atoms with Gasteiger partial charge in [0.2, 0.25) is 5.88 Å². The van der Waals surface area contributed by atoms with E-state index in [0.717, 1.165) is 48.4 Å². The van der Waals surface area contributed by atoms with Crippen LogP contribution in [0.3, 0.4) is 0 Å². The third kappa shape index (κ3) is 9.28. The lowest BCUT2D eigenvalue weighted by atomic mass is 10.1. The zero-order valence-corrected chi connectivity index (χ0v) is 29.4. The average Bonchev–Trinajstić information content (AvgIpc) is 3.54. The first-order valence-electron chi connectivity index (χ1n) is 16.3. The highest BCUT2D eigenvalue weighted by Crippen LogP contribution is 2.32. The third-order valence-corrected chi connectivity index (χ3v) is 8.13. The van der Waals surface area contributed by atoms with Crippen LogP contribution in [0.1, 0.15) is 54.7 Å². The molecule has 3 aromatic heterocycles. The number of imidazole rings is 1. The van der Waals surface area contributed by atoms with Crippen LogP contribution < -0.4 is 23.8 Å². The second-order valence-electron chi connectivity index (χ2n) is 11.9. The van der Waals surface area contributed by atoms with Gasteiger partial charge in [0.1, 0.15) is 22.6 Å². The number of nitrogens with zero attached hydrogens (tertiary/aromatic N) is 7. The van der Waals surface area contributed by atoms with Gasteiger partial charge in [0.05, 0.1) is 39.3 Å². The SMILES string of the molecule is CCCCOc1nc(N(Cc2ccc(OC)cc2)Cc2ccc(OC)cc2)c2ncc(C(O)c3cnc(OCCCN(C)C)c(Cl)c3)n2n1. The molecule has 0 aliphatic heterocycles. The van der Waals surface area contributed by atoms with Gasteiger partial charge in [-0.25, -0.2) is 14.5 Å². The smallest absolute Gasteiger partial charge is 0.336 e. The van der Waals surface area contributed by atoms with Crippen molar-refractivity contribution in [2.24, 2.45) is 0 Å². The molecule has 1 N–H and O–H groups in total. The monoisotopic (exact) mass is 689 g/mol. The Labute approximate surface area is 292 Å². The molecule has 5 rings (SSSR count). The summed E-state index contributed by atoms with van der Waals surface area (Å²) in [7, 11) is 7.31. The van der Waals surface area contributed by atoms with Gasteiger partial charge in [-0.3, -0.25) is 0 Å². The Balaban J connectivity index is 1.52. The molecule has 0 radical (unpaired) electrons. The van der Waals surface area contributed by atoms with Crippen molar-refractivity contribution in [3.05, 3.63) is 94.4 Å². The second kappa shape index (κ2) is 17.1. The molecule has 5 aromatic rings. The van der Waals surface area contributed by atoms with Crippen LogP contribution in [0.4, 0.5) is 5.82 Å². The maximum Gasteiger partial charge on any atom is 0.336 e. The largest absolute Gasteiger partial charge is 0.497 e. The summed E-state index contributed by atoms with van der Waals surface area (Å²) < 4.78 is 24.2. The first kappa shape index (κ1) is 35.7. The summed E-state index contributed by atoms with van der Waals surface area (Å²) in [6, 6.07) is 17.6. The van der Waals surface area contributed by atoms with Crippen molar-refractivity contribution in [3.63, 3.8) is 0 Å². The lowest BCUT2D eigenvalue weighted by molar-refractivity contribution is 0.210. The number of halogens is 1. The molecule has 3 heterocycles. The molecule has 0 bridgehead atoms. The maximum absolute atomic E-state index is 11.6. The van der Waals surface area contributed by atoms with E-state index in [4.69, 9.17) is 40.5 Å². The predicted octanol–water partition coefficient (Wildman–Crippen LogP) is 5.99. The van der Waals surface area contributed by atoms with Crippen molar-refractivity contribution < 1.29 is 24.1 Å². The second-order valence-corrected chi connectivity index (χ2v) is 12.3. The standard InChI is InChI=1S/C36H44ClN7O5/c1-6-7-18-49-36-40-34(43(23-25-9-13-28(46-4)14-10-25)24-26-11-15-29(47-5)16-12-26)33-38-22-31(44(33)41-36)32(45)27-20-30(37)35(39-21-27)48-19-8-17-42(2)3/h9-16,20-22,32,45H,6-8,17-19,23-24H2,1-5H3. The van der Waals surface area contributed by atoms with E-state index in [9.17, 15) is 5.11 Å². The lowest BCUT2D eigenvalue weighted by Gasteiger charge is -2.25. The molecule has 0 saturated carbocycles. The summed E-state index contributed by atoms with van der Waals surface area (Å²) in [5.74, 6) is 2.40. The molecule has 1 atom stereocenters. The minimum atomic E-state index is -1.15. The molecule has 0 spiro atoms. The Hall–Kier alpha value is -4.65. The van der Waals surface area contributed by atoms with E-state index in [2.05, 4.69) is 26.8 Å². The van der Waals surface area contributed by atoms with E-state index >= 15 is 0 Å². The zero-order chi connectivity index (χ0) is 34.8. The van der Waals surface area contributed by atoms with Crippen LogP contribution in [0.5, 0.6) is 23.4 Å². The number of pyridine rings is 1. The molecule has 13 heteroatoms. The van der Waals surface area contributed by atoms with Gasteiger partial charge in [-0.2, -0.15) is 4.98 Å². The summed E-state index contributed by atoms with van der Waals surface area (Å²) in [5, 5.41) is 16.6. The van der Waals surface area contributed by atoms with E-state index in [1.54, 1.807) is 37.2 Å². The minimum Gasteiger partial charge on any atom is -0.497 e. The van der Waals surface area contributed by atoms with E-state index in [1.807, 2.05) is 62.6 Å². The molecular formula is C36H44ClN7O5. The average molecular weight is 690 g/mol. The number of unbranched alkanes of at least 4 members (excludes halogenated alkanes) is 1. The number of ether oxygens (including phenoxy) is 4. The number of benzene rings is 2. The molecule has 2 aromatic carbocycles.